The molecule has 6 heteroatoms. The number of benzene rings is 1. The number of hydrogen-bond acceptors (Lipinski definition) is 3. The topological polar surface area (TPSA) is 64.3 Å². The average Bonchev–Trinajstić information content (AvgIpc) is 3.35. The molecule has 4 rings (SSSR count). The maximum atomic E-state index is 12.6. The Labute approximate surface area is 148 Å². The molecule has 25 heavy (non-hydrogen) atoms. The SMILES string of the molecule is CN(C(=O)Nc1cccc(-c2ccn[nH]2)c1)C1CCN(C2CC2)CC1. The van der Waals surface area contributed by atoms with E-state index in [2.05, 4.69) is 20.4 Å². The molecule has 1 aliphatic heterocycles. The van der Waals surface area contributed by atoms with Crippen molar-refractivity contribution in [2.24, 2.45) is 0 Å². The van der Waals surface area contributed by atoms with Gasteiger partial charge in [-0.05, 0) is 43.9 Å². The van der Waals surface area contributed by atoms with Crippen LogP contribution in [-0.4, -0.2) is 58.2 Å². The third-order valence-corrected chi connectivity index (χ3v) is 5.36. The summed E-state index contributed by atoms with van der Waals surface area (Å²) in [7, 11) is 1.91. The lowest BCUT2D eigenvalue weighted by molar-refractivity contribution is 0.137. The predicted molar refractivity (Wildman–Crippen MR) is 98.4 cm³/mol. The first-order valence-electron chi connectivity index (χ1n) is 9.08. The second-order valence-corrected chi connectivity index (χ2v) is 7.09. The van der Waals surface area contributed by atoms with Gasteiger partial charge < -0.3 is 15.1 Å². The second-order valence-electron chi connectivity index (χ2n) is 7.09. The lowest BCUT2D eigenvalue weighted by Gasteiger charge is -2.36. The molecular weight excluding hydrogens is 314 g/mol. The molecule has 1 aromatic heterocycles. The third-order valence-electron chi connectivity index (χ3n) is 5.36. The summed E-state index contributed by atoms with van der Waals surface area (Å²) >= 11 is 0. The summed E-state index contributed by atoms with van der Waals surface area (Å²) in [6, 6.07) is 10.9. The quantitative estimate of drug-likeness (QED) is 0.899. The van der Waals surface area contributed by atoms with Crippen molar-refractivity contribution in [1.29, 1.82) is 0 Å². The number of amides is 2. The van der Waals surface area contributed by atoms with Gasteiger partial charge in [-0.2, -0.15) is 5.10 Å². The van der Waals surface area contributed by atoms with Gasteiger partial charge in [0.2, 0.25) is 0 Å². The Hall–Kier alpha value is -2.34. The van der Waals surface area contributed by atoms with Crippen LogP contribution in [0.3, 0.4) is 0 Å². The summed E-state index contributed by atoms with van der Waals surface area (Å²) in [6.07, 6.45) is 6.56. The van der Waals surface area contributed by atoms with Crippen molar-refractivity contribution in [3.8, 4) is 11.3 Å². The van der Waals surface area contributed by atoms with Crippen LogP contribution < -0.4 is 5.32 Å². The van der Waals surface area contributed by atoms with Gasteiger partial charge in [0, 0.05) is 49.7 Å². The van der Waals surface area contributed by atoms with Crippen LogP contribution in [0.2, 0.25) is 0 Å². The van der Waals surface area contributed by atoms with E-state index in [9.17, 15) is 4.79 Å². The molecule has 2 aromatic rings. The minimum Gasteiger partial charge on any atom is -0.325 e. The number of rotatable bonds is 4. The highest BCUT2D eigenvalue weighted by molar-refractivity contribution is 5.90. The average molecular weight is 339 g/mol. The van der Waals surface area contributed by atoms with Crippen LogP contribution in [0.4, 0.5) is 10.5 Å². The highest BCUT2D eigenvalue weighted by atomic mass is 16.2. The number of nitrogens with zero attached hydrogens (tertiary/aromatic N) is 3. The van der Waals surface area contributed by atoms with Crippen molar-refractivity contribution in [3.05, 3.63) is 36.5 Å². The fourth-order valence-electron chi connectivity index (χ4n) is 3.64. The van der Waals surface area contributed by atoms with Crippen molar-refractivity contribution in [2.75, 3.05) is 25.5 Å². The van der Waals surface area contributed by atoms with Gasteiger partial charge in [0.15, 0.2) is 0 Å². The second kappa shape index (κ2) is 6.88. The molecule has 2 heterocycles. The number of aromatic nitrogens is 2. The number of likely N-dealkylation sites (tertiary alicyclic amines) is 1. The van der Waals surface area contributed by atoms with Crippen LogP contribution in [0.15, 0.2) is 36.5 Å². The van der Waals surface area contributed by atoms with E-state index in [1.54, 1.807) is 6.20 Å². The number of H-pyrrole nitrogens is 1. The van der Waals surface area contributed by atoms with E-state index in [-0.39, 0.29) is 6.03 Å². The molecule has 1 saturated heterocycles. The van der Waals surface area contributed by atoms with Gasteiger partial charge >= 0.3 is 6.03 Å². The number of hydrogen-bond donors (Lipinski definition) is 2. The number of carbonyl (C=O) groups is 1. The molecule has 0 atom stereocenters. The minimum absolute atomic E-state index is 0.0355. The highest BCUT2D eigenvalue weighted by Crippen LogP contribution is 2.30. The molecule has 1 aliphatic carbocycles. The van der Waals surface area contributed by atoms with Gasteiger partial charge in [0.05, 0.1) is 5.69 Å². The zero-order chi connectivity index (χ0) is 17.2. The van der Waals surface area contributed by atoms with Crippen LogP contribution in [0.25, 0.3) is 11.3 Å². The Kier molecular flexibility index (Phi) is 4.44. The molecule has 6 nitrogen and oxygen atoms in total. The summed E-state index contributed by atoms with van der Waals surface area (Å²) in [5.41, 5.74) is 2.76. The first-order valence-corrected chi connectivity index (χ1v) is 9.08. The molecule has 0 radical (unpaired) electrons. The van der Waals surface area contributed by atoms with E-state index >= 15 is 0 Å². The smallest absolute Gasteiger partial charge is 0.321 e. The van der Waals surface area contributed by atoms with Gasteiger partial charge in [0.1, 0.15) is 0 Å². The standard InChI is InChI=1S/C19H25N5O/c1-23(16-8-11-24(12-9-16)17-5-6-17)19(25)21-15-4-2-3-14(13-15)18-7-10-20-22-18/h2-4,7,10,13,16-17H,5-6,8-9,11-12H2,1H3,(H,20,22)(H,21,25). The normalized spacial score (nSPS) is 18.9. The Bertz CT molecular complexity index is 717. The zero-order valence-electron chi connectivity index (χ0n) is 14.6. The largest absolute Gasteiger partial charge is 0.325 e. The Balaban J connectivity index is 1.36. The van der Waals surface area contributed by atoms with Gasteiger partial charge in [-0.3, -0.25) is 5.10 Å². The fraction of sp³-hybridized carbons (Fsp3) is 0.474. The van der Waals surface area contributed by atoms with E-state index in [0.717, 1.165) is 48.9 Å². The van der Waals surface area contributed by atoms with Crippen LogP contribution in [-0.2, 0) is 0 Å². The van der Waals surface area contributed by atoms with Crippen LogP contribution >= 0.6 is 0 Å². The number of carbonyl (C=O) groups excluding carboxylic acids is 1. The van der Waals surface area contributed by atoms with Gasteiger partial charge in [-0.1, -0.05) is 12.1 Å². The third kappa shape index (κ3) is 3.69. The monoisotopic (exact) mass is 339 g/mol. The molecule has 0 spiro atoms. The molecule has 0 bridgehead atoms. The molecule has 1 saturated carbocycles. The van der Waals surface area contributed by atoms with Gasteiger partial charge in [-0.25, -0.2) is 4.79 Å². The lowest BCUT2D eigenvalue weighted by atomic mass is 10.0. The Morgan fingerprint density at radius 2 is 2.04 bits per heavy atom. The zero-order valence-corrected chi connectivity index (χ0v) is 14.6. The Morgan fingerprint density at radius 1 is 1.24 bits per heavy atom. The molecule has 132 valence electrons. The van der Waals surface area contributed by atoms with Crippen molar-refractivity contribution < 1.29 is 4.79 Å². The van der Waals surface area contributed by atoms with Crippen molar-refractivity contribution in [1.82, 2.24) is 20.0 Å². The molecular formula is C19H25N5O. The number of urea groups is 1. The van der Waals surface area contributed by atoms with E-state index in [1.165, 1.54) is 12.8 Å². The maximum Gasteiger partial charge on any atom is 0.321 e. The number of piperidine rings is 1. The summed E-state index contributed by atoms with van der Waals surface area (Å²) < 4.78 is 0. The highest BCUT2D eigenvalue weighted by Gasteiger charge is 2.33. The van der Waals surface area contributed by atoms with Gasteiger partial charge in [0.25, 0.3) is 0 Å². The van der Waals surface area contributed by atoms with Crippen molar-refractivity contribution >= 4 is 11.7 Å². The van der Waals surface area contributed by atoms with Crippen molar-refractivity contribution in [2.45, 2.75) is 37.8 Å². The minimum atomic E-state index is -0.0355. The summed E-state index contributed by atoms with van der Waals surface area (Å²) in [5, 5.41) is 9.95. The van der Waals surface area contributed by atoms with E-state index < -0.39 is 0 Å². The first-order chi connectivity index (χ1) is 12.2. The van der Waals surface area contributed by atoms with Gasteiger partial charge in [-0.15, -0.1) is 0 Å². The predicted octanol–water partition coefficient (Wildman–Crippen LogP) is 3.17. The number of anilines is 1. The van der Waals surface area contributed by atoms with Crippen LogP contribution in [0.1, 0.15) is 25.7 Å². The molecule has 2 fully saturated rings. The summed E-state index contributed by atoms with van der Waals surface area (Å²) in [6.45, 7) is 2.23. The van der Waals surface area contributed by atoms with Crippen molar-refractivity contribution in [3.63, 3.8) is 0 Å². The van der Waals surface area contributed by atoms with Crippen LogP contribution in [0.5, 0.6) is 0 Å². The number of aromatic amines is 1. The summed E-state index contributed by atoms with van der Waals surface area (Å²) in [4.78, 5) is 17.1. The summed E-state index contributed by atoms with van der Waals surface area (Å²) in [5.74, 6) is 0. The maximum absolute atomic E-state index is 12.6. The fourth-order valence-corrected chi connectivity index (χ4v) is 3.64. The lowest BCUT2D eigenvalue weighted by Crippen LogP contribution is -2.47. The molecule has 0 unspecified atom stereocenters. The van der Waals surface area contributed by atoms with E-state index in [4.69, 9.17) is 0 Å². The first kappa shape index (κ1) is 16.1. The molecule has 1 aromatic carbocycles. The number of nitrogens with one attached hydrogen (secondary N) is 2. The van der Waals surface area contributed by atoms with Crippen LogP contribution in [0, 0.1) is 0 Å². The molecule has 2 aliphatic rings. The van der Waals surface area contributed by atoms with E-state index in [0.29, 0.717) is 6.04 Å². The van der Waals surface area contributed by atoms with E-state index in [1.807, 2.05) is 42.3 Å². The Morgan fingerprint density at radius 3 is 2.72 bits per heavy atom. The molecule has 2 amide bonds. The molecule has 2 N–H and O–H groups in total.